The van der Waals surface area contributed by atoms with Gasteiger partial charge in [0.25, 0.3) is 0 Å². The van der Waals surface area contributed by atoms with Crippen molar-refractivity contribution in [2.45, 2.75) is 45.3 Å². The second-order valence-electron chi connectivity index (χ2n) is 6.72. The van der Waals surface area contributed by atoms with E-state index in [2.05, 4.69) is 15.2 Å². The lowest BCUT2D eigenvalue weighted by molar-refractivity contribution is 0.0500. The molecule has 1 aromatic rings. The molecule has 1 atom stereocenters. The highest BCUT2D eigenvalue weighted by Gasteiger charge is 2.25. The van der Waals surface area contributed by atoms with Gasteiger partial charge in [-0.25, -0.2) is 9.78 Å². The van der Waals surface area contributed by atoms with Crippen LogP contribution in [0.5, 0.6) is 5.75 Å². The number of rotatable bonds is 3. The van der Waals surface area contributed by atoms with Crippen molar-refractivity contribution in [1.29, 1.82) is 0 Å². The van der Waals surface area contributed by atoms with Crippen LogP contribution < -0.4 is 20.7 Å². The molecular weight excluding hydrogens is 296 g/mol. The second kappa shape index (κ2) is 6.93. The molecule has 1 fully saturated rings. The van der Waals surface area contributed by atoms with Crippen molar-refractivity contribution in [3.8, 4) is 5.75 Å². The number of nitrogens with two attached hydrogens (primary N) is 1. The summed E-state index contributed by atoms with van der Waals surface area (Å²) in [7, 11) is 1.58. The summed E-state index contributed by atoms with van der Waals surface area (Å²) in [6.07, 6.45) is 3.10. The first-order chi connectivity index (χ1) is 10.8. The number of anilines is 2. The molecule has 2 heterocycles. The highest BCUT2D eigenvalue weighted by Crippen LogP contribution is 2.26. The number of carbonyl (C=O) groups excluding carboxylic acids is 1. The average molecular weight is 322 g/mol. The molecule has 1 amide bonds. The first-order valence-electron chi connectivity index (χ1n) is 7.82. The summed E-state index contributed by atoms with van der Waals surface area (Å²) < 4.78 is 10.6. The standard InChI is InChI=1S/C16H26N4O3/c1-16(2,3)23-15(21)19-11-6-5-7-20(10-11)14-8-13(22-4)12(17)9-18-14/h8-9,11H,5-7,10,17H2,1-4H3,(H,19,21)/t11-/m1/s1. The minimum atomic E-state index is -0.496. The van der Waals surface area contributed by atoms with Crippen LogP contribution in [0, 0.1) is 0 Å². The minimum absolute atomic E-state index is 0.0314. The minimum Gasteiger partial charge on any atom is -0.494 e. The number of methoxy groups -OCH3 is 1. The summed E-state index contributed by atoms with van der Waals surface area (Å²) in [6.45, 7) is 7.12. The quantitative estimate of drug-likeness (QED) is 0.886. The molecule has 0 spiro atoms. The van der Waals surface area contributed by atoms with Crippen molar-refractivity contribution < 1.29 is 14.3 Å². The molecule has 1 aromatic heterocycles. The van der Waals surface area contributed by atoms with Crippen LogP contribution in [0.25, 0.3) is 0 Å². The maximum atomic E-state index is 11.9. The smallest absolute Gasteiger partial charge is 0.407 e. The van der Waals surface area contributed by atoms with E-state index in [0.717, 1.165) is 25.2 Å². The predicted molar refractivity (Wildman–Crippen MR) is 89.8 cm³/mol. The Morgan fingerprint density at radius 3 is 2.87 bits per heavy atom. The molecule has 23 heavy (non-hydrogen) atoms. The molecule has 1 aliphatic rings. The van der Waals surface area contributed by atoms with Gasteiger partial charge in [0.15, 0.2) is 0 Å². The predicted octanol–water partition coefficient (Wildman–Crippen LogP) is 2.17. The molecule has 7 nitrogen and oxygen atoms in total. The first-order valence-corrected chi connectivity index (χ1v) is 7.82. The fourth-order valence-corrected chi connectivity index (χ4v) is 2.56. The van der Waals surface area contributed by atoms with Crippen molar-refractivity contribution in [2.24, 2.45) is 0 Å². The molecule has 7 heteroatoms. The molecule has 1 saturated heterocycles. The van der Waals surface area contributed by atoms with Crippen molar-refractivity contribution in [3.05, 3.63) is 12.3 Å². The van der Waals surface area contributed by atoms with E-state index in [1.54, 1.807) is 13.3 Å². The maximum Gasteiger partial charge on any atom is 0.407 e. The fraction of sp³-hybridized carbons (Fsp3) is 0.625. The average Bonchev–Trinajstić information content (AvgIpc) is 2.46. The van der Waals surface area contributed by atoms with Crippen LogP contribution >= 0.6 is 0 Å². The Balaban J connectivity index is 1.99. The third-order valence-corrected chi connectivity index (χ3v) is 3.57. The van der Waals surface area contributed by atoms with Crippen LogP contribution in [0.15, 0.2) is 12.3 Å². The zero-order valence-corrected chi connectivity index (χ0v) is 14.3. The highest BCUT2D eigenvalue weighted by atomic mass is 16.6. The lowest BCUT2D eigenvalue weighted by Crippen LogP contribution is -2.49. The first kappa shape index (κ1) is 17.2. The molecule has 0 saturated carbocycles. The molecule has 0 unspecified atom stereocenters. The number of pyridine rings is 1. The van der Waals surface area contributed by atoms with E-state index in [4.69, 9.17) is 15.2 Å². The van der Waals surface area contributed by atoms with E-state index in [-0.39, 0.29) is 12.1 Å². The van der Waals surface area contributed by atoms with Crippen LogP contribution in [0.2, 0.25) is 0 Å². The van der Waals surface area contributed by atoms with Crippen LogP contribution in [-0.4, -0.2) is 42.9 Å². The fourth-order valence-electron chi connectivity index (χ4n) is 2.56. The summed E-state index contributed by atoms with van der Waals surface area (Å²) in [4.78, 5) is 18.4. The maximum absolute atomic E-state index is 11.9. The van der Waals surface area contributed by atoms with Crippen LogP contribution in [-0.2, 0) is 4.74 Å². The number of carbonyl (C=O) groups is 1. The number of alkyl carbamates (subject to hydrolysis) is 1. The van der Waals surface area contributed by atoms with Crippen molar-refractivity contribution in [3.63, 3.8) is 0 Å². The van der Waals surface area contributed by atoms with Gasteiger partial charge in [0, 0.05) is 25.2 Å². The summed E-state index contributed by atoms with van der Waals surface area (Å²) >= 11 is 0. The Bertz CT molecular complexity index is 557. The molecule has 0 aromatic carbocycles. The van der Waals surface area contributed by atoms with Gasteiger partial charge >= 0.3 is 6.09 Å². The molecule has 0 aliphatic carbocycles. The molecule has 3 N–H and O–H groups in total. The largest absolute Gasteiger partial charge is 0.494 e. The van der Waals surface area contributed by atoms with E-state index in [0.29, 0.717) is 18.0 Å². The van der Waals surface area contributed by atoms with E-state index >= 15 is 0 Å². The van der Waals surface area contributed by atoms with Gasteiger partial charge in [-0.15, -0.1) is 0 Å². The van der Waals surface area contributed by atoms with Gasteiger partial charge in [-0.05, 0) is 33.6 Å². The topological polar surface area (TPSA) is 89.7 Å². The van der Waals surface area contributed by atoms with E-state index in [9.17, 15) is 4.79 Å². The summed E-state index contributed by atoms with van der Waals surface area (Å²) in [6, 6.07) is 1.86. The molecular formula is C16H26N4O3. The number of nitrogens with one attached hydrogen (secondary N) is 1. The molecule has 0 radical (unpaired) electrons. The van der Waals surface area contributed by atoms with E-state index in [1.165, 1.54) is 0 Å². The number of amides is 1. The lowest BCUT2D eigenvalue weighted by atomic mass is 10.1. The second-order valence-corrected chi connectivity index (χ2v) is 6.72. The SMILES string of the molecule is COc1cc(N2CCC[C@@H](NC(=O)OC(C)(C)C)C2)ncc1N. The van der Waals surface area contributed by atoms with Gasteiger partial charge in [0.2, 0.25) is 0 Å². The normalized spacial score (nSPS) is 18.4. The van der Waals surface area contributed by atoms with Gasteiger partial charge in [0.05, 0.1) is 19.0 Å². The van der Waals surface area contributed by atoms with Crippen molar-refractivity contribution >= 4 is 17.6 Å². The number of hydrogen-bond donors (Lipinski definition) is 2. The van der Waals surface area contributed by atoms with Crippen molar-refractivity contribution in [2.75, 3.05) is 30.8 Å². The van der Waals surface area contributed by atoms with E-state index in [1.807, 2.05) is 26.8 Å². The van der Waals surface area contributed by atoms with Crippen LogP contribution in [0.4, 0.5) is 16.3 Å². The third-order valence-electron chi connectivity index (χ3n) is 3.57. The number of nitrogens with zero attached hydrogens (tertiary/aromatic N) is 2. The van der Waals surface area contributed by atoms with Crippen LogP contribution in [0.3, 0.4) is 0 Å². The number of piperidine rings is 1. The molecule has 128 valence electrons. The lowest BCUT2D eigenvalue weighted by Gasteiger charge is -2.34. The van der Waals surface area contributed by atoms with Gasteiger partial charge in [-0.1, -0.05) is 0 Å². The van der Waals surface area contributed by atoms with Crippen LogP contribution in [0.1, 0.15) is 33.6 Å². The van der Waals surface area contributed by atoms with Gasteiger partial charge < -0.3 is 25.4 Å². The number of nitrogen functional groups attached to an aromatic ring is 1. The molecule has 0 bridgehead atoms. The van der Waals surface area contributed by atoms with Gasteiger partial charge in [-0.3, -0.25) is 0 Å². The van der Waals surface area contributed by atoms with E-state index < -0.39 is 5.60 Å². The Labute approximate surface area is 137 Å². The monoisotopic (exact) mass is 322 g/mol. The Morgan fingerprint density at radius 2 is 2.22 bits per heavy atom. The zero-order valence-electron chi connectivity index (χ0n) is 14.3. The van der Waals surface area contributed by atoms with Gasteiger partial charge in [0.1, 0.15) is 17.2 Å². The highest BCUT2D eigenvalue weighted by molar-refractivity contribution is 5.68. The number of aromatic nitrogens is 1. The summed E-state index contributed by atoms with van der Waals surface area (Å²) in [5, 5.41) is 2.93. The molecule has 2 rings (SSSR count). The Hall–Kier alpha value is -2.18. The third kappa shape index (κ3) is 4.91. The Morgan fingerprint density at radius 1 is 1.48 bits per heavy atom. The molecule has 1 aliphatic heterocycles. The van der Waals surface area contributed by atoms with Crippen molar-refractivity contribution in [1.82, 2.24) is 10.3 Å². The summed E-state index contributed by atoms with van der Waals surface area (Å²) in [5.41, 5.74) is 5.82. The Kier molecular flexibility index (Phi) is 5.18. The zero-order chi connectivity index (χ0) is 17.0. The number of ether oxygens (including phenoxy) is 2. The number of hydrogen-bond acceptors (Lipinski definition) is 6. The van der Waals surface area contributed by atoms with Gasteiger partial charge in [-0.2, -0.15) is 0 Å². The summed E-state index contributed by atoms with van der Waals surface area (Å²) in [5.74, 6) is 1.41.